The zero-order valence-corrected chi connectivity index (χ0v) is 4.62. The van der Waals surface area contributed by atoms with Gasteiger partial charge >= 0.3 is 0 Å². The molecule has 0 aliphatic carbocycles. The first kappa shape index (κ1) is 6.86. The van der Waals surface area contributed by atoms with Gasteiger partial charge in [-0.3, -0.25) is 0 Å². The summed E-state index contributed by atoms with van der Waals surface area (Å²) in [5, 5.41) is 0. The van der Waals surface area contributed by atoms with Crippen molar-refractivity contribution in [2.75, 3.05) is 0 Å². The van der Waals surface area contributed by atoms with Gasteiger partial charge in [-0.1, -0.05) is 13.8 Å². The van der Waals surface area contributed by atoms with Crippen LogP contribution < -0.4 is 0 Å². The fraction of sp³-hybridized carbons (Fsp3) is 1.00. The van der Waals surface area contributed by atoms with Crippen molar-refractivity contribution in [3.63, 3.8) is 0 Å². The SMILES string of the molecule is CC[C@H](C)C(F)F. The lowest BCUT2D eigenvalue weighted by molar-refractivity contribution is 0.0845. The fourth-order valence-electron chi connectivity index (χ4n) is 0.178. The standard InChI is InChI=1S/C5H10F2/c1-3-4(2)5(6)7/h4-5H,3H2,1-2H3/t4-/m0/s1. The van der Waals surface area contributed by atoms with Gasteiger partial charge in [0.05, 0.1) is 0 Å². The molecule has 7 heavy (non-hydrogen) atoms. The van der Waals surface area contributed by atoms with Gasteiger partial charge in [0.25, 0.3) is 0 Å². The van der Waals surface area contributed by atoms with E-state index in [2.05, 4.69) is 0 Å². The van der Waals surface area contributed by atoms with Crippen LogP contribution in [0.2, 0.25) is 0 Å². The van der Waals surface area contributed by atoms with Crippen molar-refractivity contribution in [1.82, 2.24) is 0 Å². The molecular weight excluding hydrogens is 98.1 g/mol. The van der Waals surface area contributed by atoms with Crippen molar-refractivity contribution in [2.24, 2.45) is 5.92 Å². The summed E-state index contributed by atoms with van der Waals surface area (Å²) in [7, 11) is 0. The van der Waals surface area contributed by atoms with Gasteiger partial charge in [0, 0.05) is 5.92 Å². The minimum Gasteiger partial charge on any atom is -0.210 e. The maximum atomic E-state index is 11.4. The molecule has 0 saturated carbocycles. The second-order valence-corrected chi connectivity index (χ2v) is 1.72. The molecule has 0 fully saturated rings. The highest BCUT2D eigenvalue weighted by Crippen LogP contribution is 2.10. The van der Waals surface area contributed by atoms with Crippen LogP contribution in [0.15, 0.2) is 0 Å². The van der Waals surface area contributed by atoms with Gasteiger partial charge in [-0.15, -0.1) is 0 Å². The Morgan fingerprint density at radius 1 is 1.43 bits per heavy atom. The zero-order valence-electron chi connectivity index (χ0n) is 4.62. The molecule has 0 spiro atoms. The molecule has 0 rings (SSSR count). The van der Waals surface area contributed by atoms with Crippen LogP contribution in [0.1, 0.15) is 20.3 Å². The van der Waals surface area contributed by atoms with Crippen molar-refractivity contribution in [3.05, 3.63) is 0 Å². The molecule has 1 atom stereocenters. The summed E-state index contributed by atoms with van der Waals surface area (Å²) < 4.78 is 22.9. The largest absolute Gasteiger partial charge is 0.241 e. The molecule has 0 unspecified atom stereocenters. The Balaban J connectivity index is 3.14. The Morgan fingerprint density at radius 2 is 1.86 bits per heavy atom. The molecule has 0 saturated heterocycles. The normalized spacial score (nSPS) is 15.0. The molecule has 0 amide bonds. The van der Waals surface area contributed by atoms with Crippen LogP contribution in [-0.4, -0.2) is 6.43 Å². The Bertz CT molecular complexity index is 43.3. The molecular formula is C5H10F2. The molecule has 0 aromatic rings. The Hall–Kier alpha value is -0.140. The van der Waals surface area contributed by atoms with Crippen LogP contribution in [0.3, 0.4) is 0 Å². The maximum Gasteiger partial charge on any atom is 0.241 e. The lowest BCUT2D eigenvalue weighted by atomic mass is 10.1. The van der Waals surface area contributed by atoms with Gasteiger partial charge in [0.15, 0.2) is 0 Å². The summed E-state index contributed by atoms with van der Waals surface area (Å²) in [6.45, 7) is 3.31. The van der Waals surface area contributed by atoms with Crippen LogP contribution in [0.4, 0.5) is 8.78 Å². The van der Waals surface area contributed by atoms with Crippen molar-refractivity contribution < 1.29 is 8.78 Å². The van der Waals surface area contributed by atoms with Gasteiger partial charge in [0.2, 0.25) is 6.43 Å². The highest BCUT2D eigenvalue weighted by atomic mass is 19.3. The van der Waals surface area contributed by atoms with Gasteiger partial charge in [-0.2, -0.15) is 0 Å². The summed E-state index contributed by atoms with van der Waals surface area (Å²) in [6.07, 6.45) is -1.57. The predicted molar refractivity (Wildman–Crippen MR) is 25.5 cm³/mol. The van der Waals surface area contributed by atoms with E-state index < -0.39 is 12.3 Å². The molecule has 44 valence electrons. The fourth-order valence-corrected chi connectivity index (χ4v) is 0.178. The minimum absolute atomic E-state index is 0.431. The molecule has 0 aromatic heterocycles. The lowest BCUT2D eigenvalue weighted by Gasteiger charge is -2.03. The average Bonchev–Trinajstić information content (AvgIpc) is 1.65. The lowest BCUT2D eigenvalue weighted by Crippen LogP contribution is -2.03. The maximum absolute atomic E-state index is 11.4. The van der Waals surface area contributed by atoms with E-state index in [0.29, 0.717) is 6.42 Å². The van der Waals surface area contributed by atoms with E-state index in [4.69, 9.17) is 0 Å². The Morgan fingerprint density at radius 3 is 1.86 bits per heavy atom. The van der Waals surface area contributed by atoms with E-state index in [1.165, 1.54) is 0 Å². The van der Waals surface area contributed by atoms with Crippen molar-refractivity contribution in [2.45, 2.75) is 26.7 Å². The first-order chi connectivity index (χ1) is 3.18. The van der Waals surface area contributed by atoms with Crippen LogP contribution in [0, 0.1) is 5.92 Å². The van der Waals surface area contributed by atoms with Gasteiger partial charge < -0.3 is 0 Å². The predicted octanol–water partition coefficient (Wildman–Crippen LogP) is 2.30. The van der Waals surface area contributed by atoms with Gasteiger partial charge in [-0.25, -0.2) is 8.78 Å². The summed E-state index contributed by atoms with van der Waals surface area (Å²) in [6, 6.07) is 0. The molecule has 0 aliphatic heterocycles. The summed E-state index contributed by atoms with van der Waals surface area (Å²) in [5.74, 6) is -0.431. The van der Waals surface area contributed by atoms with Gasteiger partial charge in [-0.05, 0) is 6.42 Å². The Kier molecular flexibility index (Phi) is 2.88. The van der Waals surface area contributed by atoms with E-state index in [9.17, 15) is 8.78 Å². The molecule has 0 aromatic carbocycles. The molecule has 0 radical (unpaired) electrons. The summed E-state index contributed by atoms with van der Waals surface area (Å²) in [5.41, 5.74) is 0. The summed E-state index contributed by atoms with van der Waals surface area (Å²) >= 11 is 0. The van der Waals surface area contributed by atoms with Crippen LogP contribution in [-0.2, 0) is 0 Å². The second kappa shape index (κ2) is 2.94. The van der Waals surface area contributed by atoms with Crippen LogP contribution in [0.25, 0.3) is 0 Å². The third-order valence-corrected chi connectivity index (χ3v) is 1.07. The smallest absolute Gasteiger partial charge is 0.210 e. The number of hydrogen-bond donors (Lipinski definition) is 0. The highest BCUT2D eigenvalue weighted by molar-refractivity contribution is 4.48. The number of alkyl halides is 2. The topological polar surface area (TPSA) is 0 Å². The van der Waals surface area contributed by atoms with E-state index in [0.717, 1.165) is 0 Å². The quantitative estimate of drug-likeness (QED) is 0.509. The van der Waals surface area contributed by atoms with E-state index in [1.807, 2.05) is 0 Å². The minimum atomic E-state index is -2.13. The molecule has 0 aliphatic rings. The summed E-state index contributed by atoms with van der Waals surface area (Å²) in [4.78, 5) is 0. The molecule has 0 heterocycles. The molecule has 0 nitrogen and oxygen atoms in total. The van der Waals surface area contributed by atoms with Gasteiger partial charge in [0.1, 0.15) is 0 Å². The highest BCUT2D eigenvalue weighted by Gasteiger charge is 2.10. The molecule has 0 bridgehead atoms. The number of hydrogen-bond acceptors (Lipinski definition) is 0. The zero-order chi connectivity index (χ0) is 5.86. The molecule has 2 heteroatoms. The van der Waals surface area contributed by atoms with E-state index >= 15 is 0 Å². The first-order valence-corrected chi connectivity index (χ1v) is 2.46. The van der Waals surface area contributed by atoms with Crippen molar-refractivity contribution in [1.29, 1.82) is 0 Å². The third-order valence-electron chi connectivity index (χ3n) is 1.07. The molecule has 0 N–H and O–H groups in total. The second-order valence-electron chi connectivity index (χ2n) is 1.72. The van der Waals surface area contributed by atoms with Crippen LogP contribution in [0.5, 0.6) is 0 Å². The van der Waals surface area contributed by atoms with Crippen molar-refractivity contribution in [3.8, 4) is 0 Å². The van der Waals surface area contributed by atoms with E-state index in [1.54, 1.807) is 13.8 Å². The average molecular weight is 108 g/mol. The van der Waals surface area contributed by atoms with E-state index in [-0.39, 0.29) is 0 Å². The number of halogens is 2. The monoisotopic (exact) mass is 108 g/mol. The third kappa shape index (κ3) is 2.54. The first-order valence-electron chi connectivity index (χ1n) is 2.46. The number of rotatable bonds is 2. The van der Waals surface area contributed by atoms with Crippen LogP contribution >= 0.6 is 0 Å². The Labute approximate surface area is 42.5 Å². The van der Waals surface area contributed by atoms with Crippen molar-refractivity contribution >= 4 is 0 Å².